The van der Waals surface area contributed by atoms with Gasteiger partial charge in [-0.1, -0.05) is 23.7 Å². The molecule has 1 amide bonds. The zero-order chi connectivity index (χ0) is 24.7. The first-order valence-electron chi connectivity index (χ1n) is 11.6. The lowest BCUT2D eigenvalue weighted by Crippen LogP contribution is -2.43. The Hall–Kier alpha value is -3.58. The number of nitrogens with one attached hydrogen (secondary N) is 1. The molecule has 0 aliphatic heterocycles. The Morgan fingerprint density at radius 3 is 2.51 bits per heavy atom. The number of hydrogen-bond acceptors (Lipinski definition) is 5. The van der Waals surface area contributed by atoms with Crippen LogP contribution in [-0.4, -0.2) is 23.0 Å². The van der Waals surface area contributed by atoms with Gasteiger partial charge in [-0.2, -0.15) is 0 Å². The molecule has 2 aromatic heterocycles. The zero-order valence-electron chi connectivity index (χ0n) is 19.2. The van der Waals surface area contributed by atoms with E-state index in [4.69, 9.17) is 20.4 Å². The first-order chi connectivity index (χ1) is 16.8. The summed E-state index contributed by atoms with van der Waals surface area (Å²) in [6, 6.07) is 9.31. The van der Waals surface area contributed by atoms with E-state index in [0.29, 0.717) is 21.8 Å². The minimum Gasteiger partial charge on any atom is -0.480 e. The van der Waals surface area contributed by atoms with Crippen molar-refractivity contribution in [1.29, 1.82) is 0 Å². The summed E-state index contributed by atoms with van der Waals surface area (Å²) in [6.07, 6.45) is 3.85. The average molecular weight is 494 g/mol. The molecule has 2 heterocycles. The van der Waals surface area contributed by atoms with Gasteiger partial charge in [-0.05, 0) is 55.5 Å². The minimum atomic E-state index is -1.16. The van der Waals surface area contributed by atoms with Gasteiger partial charge < -0.3 is 19.3 Å². The zero-order valence-corrected chi connectivity index (χ0v) is 19.9. The highest BCUT2D eigenvalue weighted by Crippen LogP contribution is 2.35. The highest BCUT2D eigenvalue weighted by Gasteiger charge is 2.24. The molecular formula is C27H24ClNO6. The molecular weight excluding hydrogens is 470 g/mol. The first-order valence-corrected chi connectivity index (χ1v) is 11.9. The van der Waals surface area contributed by atoms with Crippen molar-refractivity contribution in [2.45, 2.75) is 51.5 Å². The van der Waals surface area contributed by atoms with Crippen LogP contribution in [0.5, 0.6) is 0 Å². The van der Waals surface area contributed by atoms with E-state index in [9.17, 15) is 19.5 Å². The molecule has 8 heteroatoms. The van der Waals surface area contributed by atoms with Crippen LogP contribution >= 0.6 is 11.6 Å². The monoisotopic (exact) mass is 493 g/mol. The van der Waals surface area contributed by atoms with Gasteiger partial charge in [0.1, 0.15) is 23.0 Å². The second-order valence-corrected chi connectivity index (χ2v) is 9.45. The number of amides is 1. The molecule has 1 aliphatic carbocycles. The summed E-state index contributed by atoms with van der Waals surface area (Å²) in [5.41, 5.74) is 3.25. The fourth-order valence-corrected chi connectivity index (χ4v) is 4.94. The maximum Gasteiger partial charge on any atom is 0.340 e. The summed E-state index contributed by atoms with van der Waals surface area (Å²) in [5.74, 6) is -0.743. The van der Waals surface area contributed by atoms with Crippen molar-refractivity contribution in [3.8, 4) is 0 Å². The third-order valence-electron chi connectivity index (χ3n) is 6.69. The second-order valence-electron chi connectivity index (χ2n) is 9.01. The van der Waals surface area contributed by atoms with Gasteiger partial charge in [-0.15, -0.1) is 0 Å². The molecule has 2 aromatic carbocycles. The molecule has 0 spiro atoms. The molecule has 1 atom stereocenters. The van der Waals surface area contributed by atoms with Crippen LogP contribution in [-0.2, 0) is 35.3 Å². The average Bonchev–Trinajstić information content (AvgIpc) is 3.19. The summed E-state index contributed by atoms with van der Waals surface area (Å²) >= 11 is 5.89. The van der Waals surface area contributed by atoms with Crippen LogP contribution in [0.4, 0.5) is 0 Å². The number of carbonyl (C=O) groups is 2. The van der Waals surface area contributed by atoms with Crippen molar-refractivity contribution in [1.82, 2.24) is 5.32 Å². The van der Waals surface area contributed by atoms with Gasteiger partial charge in [-0.3, -0.25) is 4.79 Å². The van der Waals surface area contributed by atoms with E-state index in [-0.39, 0.29) is 18.4 Å². The lowest BCUT2D eigenvalue weighted by molar-refractivity contribution is -0.141. The molecule has 180 valence electrons. The number of carboxylic acid groups (broad SMARTS) is 1. The standard InChI is InChI=1S/C27H24ClNO6/c1-14-18-11-20-17-4-2-3-5-22(17)34-24(20)13-23(18)35-27(33)19(14)12-25(30)29-21(26(31)32)10-15-6-8-16(28)9-7-15/h6-9,11,13,21H,2-5,10,12H2,1H3,(H,29,30)(H,31,32). The number of carbonyl (C=O) groups excluding carboxylic acids is 1. The number of rotatable bonds is 6. The Balaban J connectivity index is 1.42. The molecule has 0 saturated carbocycles. The maximum absolute atomic E-state index is 12.8. The van der Waals surface area contributed by atoms with Crippen LogP contribution < -0.4 is 10.9 Å². The SMILES string of the molecule is Cc1c(CC(=O)NC(Cc2ccc(Cl)cc2)C(=O)O)c(=O)oc2cc3oc4c(c3cc12)CCCC4. The highest BCUT2D eigenvalue weighted by molar-refractivity contribution is 6.30. The predicted molar refractivity (Wildman–Crippen MR) is 132 cm³/mol. The maximum atomic E-state index is 12.8. The summed E-state index contributed by atoms with van der Waals surface area (Å²) in [7, 11) is 0. The van der Waals surface area contributed by atoms with Crippen LogP contribution in [0.15, 0.2) is 50.0 Å². The third kappa shape index (κ3) is 4.56. The molecule has 4 aromatic rings. The van der Waals surface area contributed by atoms with Crippen LogP contribution in [0.3, 0.4) is 0 Å². The molecule has 7 nitrogen and oxygen atoms in total. The van der Waals surface area contributed by atoms with E-state index in [0.717, 1.165) is 47.8 Å². The summed E-state index contributed by atoms with van der Waals surface area (Å²) in [4.78, 5) is 37.3. The molecule has 0 fully saturated rings. The largest absolute Gasteiger partial charge is 0.480 e. The minimum absolute atomic E-state index is 0.0904. The summed E-state index contributed by atoms with van der Waals surface area (Å²) < 4.78 is 11.6. The van der Waals surface area contributed by atoms with Crippen LogP contribution in [0.2, 0.25) is 5.02 Å². The van der Waals surface area contributed by atoms with Gasteiger partial charge in [0, 0.05) is 40.3 Å². The van der Waals surface area contributed by atoms with Gasteiger partial charge in [0.05, 0.1) is 12.0 Å². The van der Waals surface area contributed by atoms with Crippen molar-refractivity contribution in [3.63, 3.8) is 0 Å². The molecule has 35 heavy (non-hydrogen) atoms. The van der Waals surface area contributed by atoms with E-state index in [1.807, 2.05) is 6.07 Å². The van der Waals surface area contributed by atoms with E-state index in [1.54, 1.807) is 37.3 Å². The Labute approximate surface area is 205 Å². The van der Waals surface area contributed by atoms with Gasteiger partial charge in [0.2, 0.25) is 5.91 Å². The van der Waals surface area contributed by atoms with Crippen molar-refractivity contribution >= 4 is 45.4 Å². The molecule has 0 saturated heterocycles. The van der Waals surface area contributed by atoms with Gasteiger partial charge in [0.25, 0.3) is 0 Å². The molecule has 1 aliphatic rings. The van der Waals surface area contributed by atoms with Crippen molar-refractivity contribution < 1.29 is 23.5 Å². The number of halogens is 1. The molecule has 1 unspecified atom stereocenters. The normalized spacial score (nSPS) is 14.1. The molecule has 2 N–H and O–H groups in total. The number of furan rings is 1. The number of carboxylic acids is 1. The second kappa shape index (κ2) is 9.23. The van der Waals surface area contributed by atoms with Crippen molar-refractivity contribution in [2.75, 3.05) is 0 Å². The summed E-state index contributed by atoms with van der Waals surface area (Å²) in [6.45, 7) is 1.78. The molecule has 0 bridgehead atoms. The van der Waals surface area contributed by atoms with Gasteiger partial charge >= 0.3 is 11.6 Å². The van der Waals surface area contributed by atoms with Crippen LogP contribution in [0.1, 0.15) is 40.9 Å². The molecule has 5 rings (SSSR count). The Morgan fingerprint density at radius 1 is 1.06 bits per heavy atom. The van der Waals surface area contributed by atoms with Gasteiger partial charge in [0.15, 0.2) is 0 Å². The van der Waals surface area contributed by atoms with Crippen LogP contribution in [0.25, 0.3) is 21.9 Å². The number of aryl methyl sites for hydroxylation is 3. The van der Waals surface area contributed by atoms with Crippen molar-refractivity contribution in [2.24, 2.45) is 0 Å². The fraction of sp³-hybridized carbons (Fsp3) is 0.296. The lowest BCUT2D eigenvalue weighted by Gasteiger charge is -2.15. The Kier molecular flexibility index (Phi) is 6.11. The van der Waals surface area contributed by atoms with E-state index in [2.05, 4.69) is 5.32 Å². The Bertz CT molecular complexity index is 1520. The number of aliphatic carboxylic acids is 1. The fourth-order valence-electron chi connectivity index (χ4n) is 4.81. The van der Waals surface area contributed by atoms with Crippen molar-refractivity contribution in [3.05, 3.63) is 79.9 Å². The van der Waals surface area contributed by atoms with E-state index in [1.165, 1.54) is 5.56 Å². The Morgan fingerprint density at radius 2 is 1.77 bits per heavy atom. The molecule has 0 radical (unpaired) electrons. The summed E-state index contributed by atoms with van der Waals surface area (Å²) in [5, 5.41) is 14.4. The highest BCUT2D eigenvalue weighted by atomic mass is 35.5. The smallest absolute Gasteiger partial charge is 0.340 e. The topological polar surface area (TPSA) is 110 Å². The van der Waals surface area contributed by atoms with Gasteiger partial charge in [-0.25, -0.2) is 9.59 Å². The third-order valence-corrected chi connectivity index (χ3v) is 6.94. The number of hydrogen-bond donors (Lipinski definition) is 2. The quantitative estimate of drug-likeness (QED) is 0.376. The predicted octanol–water partition coefficient (Wildman–Crippen LogP) is 4.73. The first kappa shape index (κ1) is 23.2. The van der Waals surface area contributed by atoms with E-state index < -0.39 is 23.5 Å². The van der Waals surface area contributed by atoms with Crippen LogP contribution in [0, 0.1) is 6.92 Å². The lowest BCUT2D eigenvalue weighted by atomic mass is 9.94. The number of fused-ring (bicyclic) bond motifs is 4. The van der Waals surface area contributed by atoms with E-state index >= 15 is 0 Å². The number of benzene rings is 2.